The number of carbonyl (C=O) groups is 1. The van der Waals surface area contributed by atoms with Gasteiger partial charge in [-0.25, -0.2) is 0 Å². The van der Waals surface area contributed by atoms with Crippen molar-refractivity contribution in [3.8, 4) is 0 Å². The number of thiocarbonyl (C=S) groups is 1. The number of aromatic nitrogens is 1. The first-order valence-electron chi connectivity index (χ1n) is 10.9. The standard InChI is InChI=1S/C24H29N3O2S2/c1-4-18-8-5-7-15(2)22(18)25-23(29)16(3)31-24(30)26-12-17-11-19(14-26)20-9-6-10-21(28)27(20)13-17/h5-10,16-17,19H,4,11-14H2,1-3H3,(H,25,29). The van der Waals surface area contributed by atoms with Crippen LogP contribution in [0, 0.1) is 12.8 Å². The summed E-state index contributed by atoms with van der Waals surface area (Å²) in [5, 5.41) is 2.84. The molecule has 0 aliphatic carbocycles. The molecule has 2 bridgehead atoms. The summed E-state index contributed by atoms with van der Waals surface area (Å²) in [7, 11) is 0. The van der Waals surface area contributed by atoms with Crippen molar-refractivity contribution in [2.45, 2.75) is 51.3 Å². The number of amides is 1. The highest BCUT2D eigenvalue weighted by molar-refractivity contribution is 8.23. The van der Waals surface area contributed by atoms with Crippen molar-refractivity contribution >= 4 is 39.9 Å². The molecule has 2 aliphatic heterocycles. The fourth-order valence-electron chi connectivity index (χ4n) is 4.75. The molecule has 164 valence electrons. The van der Waals surface area contributed by atoms with E-state index in [0.29, 0.717) is 11.8 Å². The number of hydrogen-bond acceptors (Lipinski definition) is 4. The van der Waals surface area contributed by atoms with Crippen molar-refractivity contribution in [3.63, 3.8) is 0 Å². The first-order valence-corrected chi connectivity index (χ1v) is 12.2. The third-order valence-corrected chi connectivity index (χ3v) is 7.95. The van der Waals surface area contributed by atoms with Gasteiger partial charge in [-0.1, -0.05) is 55.2 Å². The number of fused-ring (bicyclic) bond motifs is 4. The largest absolute Gasteiger partial charge is 0.356 e. The van der Waals surface area contributed by atoms with E-state index in [-0.39, 0.29) is 16.7 Å². The molecule has 5 nitrogen and oxygen atoms in total. The zero-order valence-corrected chi connectivity index (χ0v) is 19.9. The van der Waals surface area contributed by atoms with Crippen LogP contribution in [0.3, 0.4) is 0 Å². The second-order valence-corrected chi connectivity index (χ2v) is 10.6. The Morgan fingerprint density at radius 3 is 2.77 bits per heavy atom. The number of nitrogens with zero attached hydrogens (tertiary/aromatic N) is 2. The lowest BCUT2D eigenvalue weighted by Crippen LogP contribution is -2.48. The predicted molar refractivity (Wildman–Crippen MR) is 132 cm³/mol. The van der Waals surface area contributed by atoms with Gasteiger partial charge in [0.25, 0.3) is 5.56 Å². The number of hydrogen-bond donors (Lipinski definition) is 1. The molecule has 1 aromatic carbocycles. The minimum absolute atomic E-state index is 0.0227. The van der Waals surface area contributed by atoms with Gasteiger partial charge in [-0.2, -0.15) is 0 Å². The molecule has 1 fully saturated rings. The molecular weight excluding hydrogens is 426 g/mol. The van der Waals surface area contributed by atoms with Crippen molar-refractivity contribution < 1.29 is 4.79 Å². The molecule has 2 aliphatic rings. The molecule has 0 radical (unpaired) electrons. The number of anilines is 1. The lowest BCUT2D eigenvalue weighted by molar-refractivity contribution is -0.115. The molecule has 0 saturated carbocycles. The van der Waals surface area contributed by atoms with Crippen molar-refractivity contribution in [2.75, 3.05) is 18.4 Å². The maximum absolute atomic E-state index is 12.9. The predicted octanol–water partition coefficient (Wildman–Crippen LogP) is 4.18. The van der Waals surface area contributed by atoms with Crippen LogP contribution in [0.2, 0.25) is 0 Å². The summed E-state index contributed by atoms with van der Waals surface area (Å²) >= 11 is 7.20. The number of aryl methyl sites for hydroxylation is 2. The summed E-state index contributed by atoms with van der Waals surface area (Å²) in [4.78, 5) is 27.4. The molecule has 4 rings (SSSR count). The van der Waals surface area contributed by atoms with E-state index in [9.17, 15) is 9.59 Å². The fourth-order valence-corrected chi connectivity index (χ4v) is 6.10. The number of rotatable bonds is 4. The van der Waals surface area contributed by atoms with Gasteiger partial charge in [-0.3, -0.25) is 9.59 Å². The summed E-state index contributed by atoms with van der Waals surface area (Å²) in [5.41, 5.74) is 4.34. The van der Waals surface area contributed by atoms with Crippen LogP contribution in [0.4, 0.5) is 5.69 Å². The first kappa shape index (κ1) is 22.1. The van der Waals surface area contributed by atoms with Crippen LogP contribution < -0.4 is 10.9 Å². The van der Waals surface area contributed by atoms with Crippen LogP contribution in [0.15, 0.2) is 41.2 Å². The molecule has 2 aromatic rings. The molecule has 1 N–H and O–H groups in total. The summed E-state index contributed by atoms with van der Waals surface area (Å²) in [6.07, 6.45) is 1.97. The second-order valence-electron chi connectivity index (χ2n) is 8.58. The van der Waals surface area contributed by atoms with E-state index in [1.165, 1.54) is 11.8 Å². The zero-order chi connectivity index (χ0) is 22.1. The second kappa shape index (κ2) is 9.17. The molecule has 1 saturated heterocycles. The monoisotopic (exact) mass is 455 g/mol. The number of pyridine rings is 1. The van der Waals surface area contributed by atoms with Gasteiger partial charge in [0.2, 0.25) is 5.91 Å². The zero-order valence-electron chi connectivity index (χ0n) is 18.3. The molecule has 3 atom stereocenters. The number of nitrogens with one attached hydrogen (secondary N) is 1. The maximum Gasteiger partial charge on any atom is 0.250 e. The van der Waals surface area contributed by atoms with Crippen LogP contribution in [0.25, 0.3) is 0 Å². The number of benzene rings is 1. The number of para-hydroxylation sites is 1. The summed E-state index contributed by atoms with van der Waals surface area (Å²) in [5.74, 6) is 0.696. The molecule has 1 aromatic heterocycles. The third kappa shape index (κ3) is 4.58. The molecule has 1 amide bonds. The molecule has 7 heteroatoms. The average Bonchev–Trinajstić information content (AvgIpc) is 2.75. The van der Waals surface area contributed by atoms with Gasteiger partial charge in [0.05, 0.1) is 5.25 Å². The Bertz CT molecular complexity index is 1070. The highest BCUT2D eigenvalue weighted by Crippen LogP contribution is 2.36. The Morgan fingerprint density at radius 2 is 2.00 bits per heavy atom. The Morgan fingerprint density at radius 1 is 1.23 bits per heavy atom. The van der Waals surface area contributed by atoms with Gasteiger partial charge in [0, 0.05) is 43.0 Å². The number of piperidine rings is 1. The average molecular weight is 456 g/mol. The van der Waals surface area contributed by atoms with Crippen LogP contribution in [-0.4, -0.2) is 38.0 Å². The molecular formula is C24H29N3O2S2. The number of likely N-dealkylation sites (tertiary alicyclic amines) is 1. The van der Waals surface area contributed by atoms with E-state index >= 15 is 0 Å². The molecule has 3 heterocycles. The van der Waals surface area contributed by atoms with Crippen molar-refractivity contribution in [1.82, 2.24) is 9.47 Å². The minimum atomic E-state index is -0.284. The quantitative estimate of drug-likeness (QED) is 0.701. The normalized spacial score (nSPS) is 20.7. The van der Waals surface area contributed by atoms with Gasteiger partial charge in [-0.15, -0.1) is 0 Å². The van der Waals surface area contributed by atoms with E-state index in [1.54, 1.807) is 6.07 Å². The van der Waals surface area contributed by atoms with E-state index in [4.69, 9.17) is 12.2 Å². The number of thioether (sulfide) groups is 1. The highest BCUT2D eigenvalue weighted by Gasteiger charge is 2.36. The van der Waals surface area contributed by atoms with Gasteiger partial charge < -0.3 is 14.8 Å². The SMILES string of the molecule is CCc1cccc(C)c1NC(=O)C(C)SC(=S)N1CC2CC(C1)c1cccc(=O)n1C2. The van der Waals surface area contributed by atoms with E-state index in [1.807, 2.05) is 36.6 Å². The molecule has 0 spiro atoms. The van der Waals surface area contributed by atoms with Crippen molar-refractivity contribution in [2.24, 2.45) is 5.92 Å². The van der Waals surface area contributed by atoms with Crippen LogP contribution in [0.1, 0.15) is 43.0 Å². The molecule has 31 heavy (non-hydrogen) atoms. The lowest BCUT2D eigenvalue weighted by Gasteiger charge is -2.43. The Kier molecular flexibility index (Phi) is 6.53. The van der Waals surface area contributed by atoms with Crippen molar-refractivity contribution in [3.05, 3.63) is 63.6 Å². The Hall–Kier alpha value is -2.12. The van der Waals surface area contributed by atoms with Crippen LogP contribution in [0.5, 0.6) is 0 Å². The van der Waals surface area contributed by atoms with Crippen LogP contribution >= 0.6 is 24.0 Å². The van der Waals surface area contributed by atoms with Gasteiger partial charge in [-0.05, 0) is 49.8 Å². The third-order valence-electron chi connectivity index (χ3n) is 6.37. The first-order chi connectivity index (χ1) is 14.9. The minimum Gasteiger partial charge on any atom is -0.356 e. The topological polar surface area (TPSA) is 54.3 Å². The van der Waals surface area contributed by atoms with E-state index < -0.39 is 0 Å². The van der Waals surface area contributed by atoms with E-state index in [0.717, 1.165) is 59.3 Å². The Labute approximate surface area is 193 Å². The fraction of sp³-hybridized carbons (Fsp3) is 0.458. The lowest BCUT2D eigenvalue weighted by atomic mass is 9.83. The summed E-state index contributed by atoms with van der Waals surface area (Å²) in [6, 6.07) is 11.7. The van der Waals surface area contributed by atoms with Crippen LogP contribution in [-0.2, 0) is 17.8 Å². The smallest absolute Gasteiger partial charge is 0.250 e. The van der Waals surface area contributed by atoms with Crippen molar-refractivity contribution in [1.29, 1.82) is 0 Å². The number of carbonyl (C=O) groups excluding carboxylic acids is 1. The highest BCUT2D eigenvalue weighted by atomic mass is 32.2. The van der Waals surface area contributed by atoms with Gasteiger partial charge in [0.15, 0.2) is 0 Å². The molecule has 3 unspecified atom stereocenters. The summed E-state index contributed by atoms with van der Waals surface area (Å²) in [6.45, 7) is 8.42. The van der Waals surface area contributed by atoms with Gasteiger partial charge >= 0.3 is 0 Å². The summed E-state index contributed by atoms with van der Waals surface area (Å²) < 4.78 is 2.69. The maximum atomic E-state index is 12.9. The Balaban J connectivity index is 1.41. The van der Waals surface area contributed by atoms with Gasteiger partial charge in [0.1, 0.15) is 4.32 Å². The van der Waals surface area contributed by atoms with E-state index in [2.05, 4.69) is 29.3 Å².